The molecule has 32 heavy (non-hydrogen) atoms. The average molecular weight is 461 g/mol. The van der Waals surface area contributed by atoms with Crippen molar-refractivity contribution in [1.29, 1.82) is 0 Å². The van der Waals surface area contributed by atoms with Gasteiger partial charge in [0.25, 0.3) is 0 Å². The van der Waals surface area contributed by atoms with E-state index in [2.05, 4.69) is 5.32 Å². The molecule has 10 heteroatoms. The zero-order valence-electron chi connectivity index (χ0n) is 18.2. The lowest BCUT2D eigenvalue weighted by molar-refractivity contribution is -0.117. The Bertz CT molecular complexity index is 1100. The lowest BCUT2D eigenvalue weighted by Gasteiger charge is -2.36. The number of amides is 1. The number of esters is 1. The zero-order valence-corrected chi connectivity index (χ0v) is 19.0. The standard InChI is InChI=1S/C22H28N4O5S/c1-3-16-6-4-5-7-19(16)24-21(27)15-25-10-12-26(13-11-25)20-9-8-17(32(23,29)30)14-18(20)22(28)31-2/h4-9,14H,3,10-13,15H2,1-2H3,(H,24,27)(H2,23,29,30). The minimum absolute atomic E-state index is 0.0768. The number of nitrogens with zero attached hydrogens (tertiary/aromatic N) is 2. The molecule has 1 aliphatic heterocycles. The Morgan fingerprint density at radius 2 is 1.78 bits per heavy atom. The van der Waals surface area contributed by atoms with Gasteiger partial charge in [-0.15, -0.1) is 0 Å². The maximum absolute atomic E-state index is 12.5. The van der Waals surface area contributed by atoms with E-state index in [-0.39, 0.29) is 22.9 Å². The summed E-state index contributed by atoms with van der Waals surface area (Å²) in [5.41, 5.74) is 2.63. The maximum atomic E-state index is 12.5. The number of carbonyl (C=O) groups excluding carboxylic acids is 2. The molecule has 1 amide bonds. The summed E-state index contributed by atoms with van der Waals surface area (Å²) in [6.45, 7) is 4.66. The number of para-hydroxylation sites is 1. The molecule has 0 spiro atoms. The largest absolute Gasteiger partial charge is 0.465 e. The Kier molecular flexibility index (Phi) is 7.49. The molecule has 1 heterocycles. The van der Waals surface area contributed by atoms with Gasteiger partial charge < -0.3 is 15.0 Å². The molecule has 0 radical (unpaired) electrons. The van der Waals surface area contributed by atoms with Gasteiger partial charge in [-0.1, -0.05) is 25.1 Å². The van der Waals surface area contributed by atoms with E-state index in [0.717, 1.165) is 17.7 Å². The van der Waals surface area contributed by atoms with E-state index in [4.69, 9.17) is 9.88 Å². The summed E-state index contributed by atoms with van der Waals surface area (Å²) in [4.78, 5) is 28.6. The Labute approximate surface area is 188 Å². The number of piperazine rings is 1. The first-order valence-corrected chi connectivity index (χ1v) is 11.9. The first kappa shape index (κ1) is 23.7. The van der Waals surface area contributed by atoms with E-state index >= 15 is 0 Å². The number of rotatable bonds is 7. The Morgan fingerprint density at radius 3 is 2.41 bits per heavy atom. The van der Waals surface area contributed by atoms with Crippen LogP contribution in [0.2, 0.25) is 0 Å². The highest BCUT2D eigenvalue weighted by Gasteiger charge is 2.25. The molecule has 1 saturated heterocycles. The number of carbonyl (C=O) groups is 2. The fourth-order valence-corrected chi connectivity index (χ4v) is 4.27. The number of benzene rings is 2. The summed E-state index contributed by atoms with van der Waals surface area (Å²) in [5, 5.41) is 8.18. The van der Waals surface area contributed by atoms with Crippen molar-refractivity contribution in [3.05, 3.63) is 53.6 Å². The predicted octanol–water partition coefficient (Wildman–Crippen LogP) is 1.44. The van der Waals surface area contributed by atoms with Gasteiger partial charge in [0, 0.05) is 31.9 Å². The van der Waals surface area contributed by atoms with E-state index in [0.29, 0.717) is 31.9 Å². The van der Waals surface area contributed by atoms with Crippen molar-refractivity contribution in [2.75, 3.05) is 50.1 Å². The number of hydrogen-bond donors (Lipinski definition) is 2. The number of hydrogen-bond acceptors (Lipinski definition) is 7. The zero-order chi connectivity index (χ0) is 23.3. The molecule has 9 nitrogen and oxygen atoms in total. The van der Waals surface area contributed by atoms with Gasteiger partial charge in [0.1, 0.15) is 0 Å². The Hall–Kier alpha value is -2.95. The van der Waals surface area contributed by atoms with Crippen LogP contribution in [0.1, 0.15) is 22.8 Å². The minimum atomic E-state index is -3.95. The molecule has 0 aromatic heterocycles. The molecule has 1 fully saturated rings. The SMILES string of the molecule is CCc1ccccc1NC(=O)CN1CCN(c2ccc(S(N)(=O)=O)cc2C(=O)OC)CC1. The number of sulfonamides is 1. The van der Waals surface area contributed by atoms with Crippen LogP contribution in [0, 0.1) is 0 Å². The van der Waals surface area contributed by atoms with Crippen LogP contribution in [0.25, 0.3) is 0 Å². The molecule has 3 rings (SSSR count). The molecule has 0 atom stereocenters. The first-order valence-electron chi connectivity index (χ1n) is 10.3. The van der Waals surface area contributed by atoms with Crippen LogP contribution in [-0.4, -0.2) is 65.0 Å². The number of anilines is 2. The van der Waals surface area contributed by atoms with Crippen molar-refractivity contribution < 1.29 is 22.7 Å². The Morgan fingerprint density at radius 1 is 1.09 bits per heavy atom. The summed E-state index contributed by atoms with van der Waals surface area (Å²) >= 11 is 0. The third kappa shape index (κ3) is 5.64. The summed E-state index contributed by atoms with van der Waals surface area (Å²) in [7, 11) is -2.71. The monoisotopic (exact) mass is 460 g/mol. The smallest absolute Gasteiger partial charge is 0.340 e. The molecule has 2 aromatic carbocycles. The lowest BCUT2D eigenvalue weighted by Crippen LogP contribution is -2.49. The number of ether oxygens (including phenoxy) is 1. The van der Waals surface area contributed by atoms with Gasteiger partial charge in [-0.25, -0.2) is 18.4 Å². The first-order chi connectivity index (χ1) is 15.2. The lowest BCUT2D eigenvalue weighted by atomic mass is 10.1. The van der Waals surface area contributed by atoms with Crippen molar-refractivity contribution in [3.8, 4) is 0 Å². The third-order valence-corrected chi connectivity index (χ3v) is 6.37. The van der Waals surface area contributed by atoms with Gasteiger partial charge in [-0.2, -0.15) is 0 Å². The van der Waals surface area contributed by atoms with Crippen molar-refractivity contribution in [1.82, 2.24) is 4.90 Å². The van der Waals surface area contributed by atoms with Crippen LogP contribution >= 0.6 is 0 Å². The number of methoxy groups -OCH3 is 1. The highest BCUT2D eigenvalue weighted by molar-refractivity contribution is 7.89. The van der Waals surface area contributed by atoms with Crippen molar-refractivity contribution in [2.24, 2.45) is 5.14 Å². The molecular formula is C22H28N4O5S. The highest BCUT2D eigenvalue weighted by atomic mass is 32.2. The second-order valence-electron chi connectivity index (χ2n) is 7.54. The molecule has 1 aliphatic rings. The molecule has 2 aromatic rings. The number of nitrogens with two attached hydrogens (primary N) is 1. The summed E-state index contributed by atoms with van der Waals surface area (Å²) in [6, 6.07) is 11.9. The van der Waals surface area contributed by atoms with E-state index in [1.807, 2.05) is 41.0 Å². The van der Waals surface area contributed by atoms with Crippen LogP contribution < -0.4 is 15.4 Å². The van der Waals surface area contributed by atoms with E-state index in [1.54, 1.807) is 6.07 Å². The van der Waals surface area contributed by atoms with Crippen molar-refractivity contribution >= 4 is 33.3 Å². The number of nitrogens with one attached hydrogen (secondary N) is 1. The van der Waals surface area contributed by atoms with Crippen LogP contribution in [0.3, 0.4) is 0 Å². The van der Waals surface area contributed by atoms with Gasteiger partial charge >= 0.3 is 5.97 Å². The van der Waals surface area contributed by atoms with Crippen LogP contribution in [-0.2, 0) is 26.0 Å². The average Bonchev–Trinajstić information content (AvgIpc) is 2.78. The van der Waals surface area contributed by atoms with Gasteiger partial charge in [0.2, 0.25) is 15.9 Å². The predicted molar refractivity (Wildman–Crippen MR) is 122 cm³/mol. The quantitative estimate of drug-likeness (QED) is 0.600. The highest BCUT2D eigenvalue weighted by Crippen LogP contribution is 2.26. The fourth-order valence-electron chi connectivity index (χ4n) is 3.73. The van der Waals surface area contributed by atoms with Crippen molar-refractivity contribution in [2.45, 2.75) is 18.2 Å². The van der Waals surface area contributed by atoms with Gasteiger partial charge in [-0.05, 0) is 36.2 Å². The normalized spacial score (nSPS) is 14.8. The van der Waals surface area contributed by atoms with Gasteiger partial charge in [0.15, 0.2) is 0 Å². The summed E-state index contributed by atoms with van der Waals surface area (Å²) in [5.74, 6) is -0.714. The Balaban J connectivity index is 1.65. The van der Waals surface area contributed by atoms with Crippen LogP contribution in [0.5, 0.6) is 0 Å². The van der Waals surface area contributed by atoms with E-state index < -0.39 is 16.0 Å². The molecule has 3 N–H and O–H groups in total. The maximum Gasteiger partial charge on any atom is 0.340 e. The summed E-state index contributed by atoms with van der Waals surface area (Å²) in [6.07, 6.45) is 0.835. The second-order valence-corrected chi connectivity index (χ2v) is 9.10. The van der Waals surface area contributed by atoms with E-state index in [1.165, 1.54) is 19.2 Å². The molecule has 0 bridgehead atoms. The molecule has 0 aliphatic carbocycles. The van der Waals surface area contributed by atoms with Gasteiger partial charge in [0.05, 0.1) is 29.8 Å². The fraction of sp³-hybridized carbons (Fsp3) is 0.364. The number of primary sulfonamides is 1. The second kappa shape index (κ2) is 10.1. The van der Waals surface area contributed by atoms with Crippen LogP contribution in [0.4, 0.5) is 11.4 Å². The molecular weight excluding hydrogens is 432 g/mol. The van der Waals surface area contributed by atoms with Crippen molar-refractivity contribution in [3.63, 3.8) is 0 Å². The minimum Gasteiger partial charge on any atom is -0.465 e. The molecule has 0 unspecified atom stereocenters. The summed E-state index contributed by atoms with van der Waals surface area (Å²) < 4.78 is 28.2. The number of aryl methyl sites for hydroxylation is 1. The molecule has 172 valence electrons. The van der Waals surface area contributed by atoms with E-state index in [9.17, 15) is 18.0 Å². The molecule has 0 saturated carbocycles. The van der Waals surface area contributed by atoms with Gasteiger partial charge in [-0.3, -0.25) is 9.69 Å². The third-order valence-electron chi connectivity index (χ3n) is 5.45. The topological polar surface area (TPSA) is 122 Å². The van der Waals surface area contributed by atoms with Crippen LogP contribution in [0.15, 0.2) is 47.4 Å².